The van der Waals surface area contributed by atoms with Gasteiger partial charge < -0.3 is 10.5 Å². The second kappa shape index (κ2) is 6.92. The number of nitrogens with zero attached hydrogens (tertiary/aromatic N) is 1. The second-order valence-corrected chi connectivity index (χ2v) is 5.67. The summed E-state index contributed by atoms with van der Waals surface area (Å²) in [6.07, 6.45) is 0. The quantitative estimate of drug-likeness (QED) is 0.857. The van der Waals surface area contributed by atoms with E-state index in [2.05, 4.69) is 57.8 Å². The SMILES string of the molecule is COc1ccc(C(C)C)cc1C(CN)N(C)C(C)C. The number of ether oxygens (including phenoxy) is 1. The number of benzene rings is 1. The van der Waals surface area contributed by atoms with Gasteiger partial charge in [-0.1, -0.05) is 26.0 Å². The molecule has 3 heteroatoms. The highest BCUT2D eigenvalue weighted by Gasteiger charge is 2.22. The number of rotatable bonds is 6. The van der Waals surface area contributed by atoms with Crippen molar-refractivity contribution in [1.82, 2.24) is 4.90 Å². The first kappa shape index (κ1) is 16.0. The van der Waals surface area contributed by atoms with Crippen LogP contribution < -0.4 is 10.5 Å². The van der Waals surface area contributed by atoms with Crippen molar-refractivity contribution >= 4 is 0 Å². The third-order valence-electron chi connectivity index (χ3n) is 3.81. The van der Waals surface area contributed by atoms with Crippen LogP contribution in [0.3, 0.4) is 0 Å². The minimum Gasteiger partial charge on any atom is -0.496 e. The van der Waals surface area contributed by atoms with Gasteiger partial charge in [0.1, 0.15) is 5.75 Å². The largest absolute Gasteiger partial charge is 0.496 e. The van der Waals surface area contributed by atoms with E-state index >= 15 is 0 Å². The molecule has 0 aromatic heterocycles. The van der Waals surface area contributed by atoms with E-state index in [0.717, 1.165) is 5.75 Å². The summed E-state index contributed by atoms with van der Waals surface area (Å²) in [5, 5.41) is 0. The lowest BCUT2D eigenvalue weighted by Crippen LogP contribution is -2.35. The first-order valence-corrected chi connectivity index (χ1v) is 7.02. The fourth-order valence-electron chi connectivity index (χ4n) is 2.24. The first-order valence-electron chi connectivity index (χ1n) is 7.02. The highest BCUT2D eigenvalue weighted by molar-refractivity contribution is 5.40. The monoisotopic (exact) mass is 264 g/mol. The Hall–Kier alpha value is -1.06. The molecule has 1 aromatic carbocycles. The van der Waals surface area contributed by atoms with Crippen molar-refractivity contribution in [2.24, 2.45) is 5.73 Å². The molecule has 2 N–H and O–H groups in total. The van der Waals surface area contributed by atoms with E-state index in [-0.39, 0.29) is 6.04 Å². The third kappa shape index (κ3) is 3.71. The van der Waals surface area contributed by atoms with Gasteiger partial charge in [0.2, 0.25) is 0 Å². The van der Waals surface area contributed by atoms with Crippen LogP contribution in [0.1, 0.15) is 50.8 Å². The smallest absolute Gasteiger partial charge is 0.123 e. The van der Waals surface area contributed by atoms with Crippen LogP contribution in [0.4, 0.5) is 0 Å². The molecule has 0 saturated carbocycles. The Labute approximate surface area is 117 Å². The summed E-state index contributed by atoms with van der Waals surface area (Å²) in [5.41, 5.74) is 8.51. The summed E-state index contributed by atoms with van der Waals surface area (Å²) in [6.45, 7) is 9.36. The maximum Gasteiger partial charge on any atom is 0.123 e. The standard InChI is InChI=1S/C16H28N2O/c1-11(2)13-7-8-16(19-6)14(9-13)15(10-17)18(5)12(3)4/h7-9,11-12,15H,10,17H2,1-6H3. The Balaban J connectivity index is 3.23. The summed E-state index contributed by atoms with van der Waals surface area (Å²) in [7, 11) is 3.83. The lowest BCUT2D eigenvalue weighted by atomic mass is 9.95. The molecule has 1 atom stereocenters. The number of hydrogen-bond donors (Lipinski definition) is 1. The molecule has 19 heavy (non-hydrogen) atoms. The summed E-state index contributed by atoms with van der Waals surface area (Å²) >= 11 is 0. The third-order valence-corrected chi connectivity index (χ3v) is 3.81. The predicted octanol–water partition coefficient (Wildman–Crippen LogP) is 3.16. The Morgan fingerprint density at radius 3 is 2.26 bits per heavy atom. The van der Waals surface area contributed by atoms with E-state index in [9.17, 15) is 0 Å². The van der Waals surface area contributed by atoms with Crippen molar-refractivity contribution in [3.05, 3.63) is 29.3 Å². The van der Waals surface area contributed by atoms with Gasteiger partial charge >= 0.3 is 0 Å². The molecule has 0 saturated heterocycles. The molecule has 0 bridgehead atoms. The molecule has 0 amide bonds. The Morgan fingerprint density at radius 2 is 1.84 bits per heavy atom. The van der Waals surface area contributed by atoms with Crippen molar-refractivity contribution in [3.8, 4) is 5.75 Å². The molecular formula is C16H28N2O. The van der Waals surface area contributed by atoms with E-state index in [4.69, 9.17) is 10.5 Å². The van der Waals surface area contributed by atoms with Crippen LogP contribution in [0.25, 0.3) is 0 Å². The van der Waals surface area contributed by atoms with E-state index < -0.39 is 0 Å². The number of likely N-dealkylation sites (N-methyl/N-ethyl adjacent to an activating group) is 1. The van der Waals surface area contributed by atoms with Gasteiger partial charge in [0.05, 0.1) is 13.2 Å². The van der Waals surface area contributed by atoms with Crippen LogP contribution in [-0.2, 0) is 0 Å². The molecule has 1 rings (SSSR count). The van der Waals surface area contributed by atoms with Crippen molar-refractivity contribution in [2.45, 2.75) is 45.7 Å². The number of hydrogen-bond acceptors (Lipinski definition) is 3. The van der Waals surface area contributed by atoms with Gasteiger partial charge in [-0.3, -0.25) is 4.90 Å². The minimum absolute atomic E-state index is 0.189. The molecule has 0 aliphatic rings. The highest BCUT2D eigenvalue weighted by atomic mass is 16.5. The summed E-state index contributed by atoms with van der Waals surface area (Å²) in [5.74, 6) is 1.43. The average Bonchev–Trinajstić information content (AvgIpc) is 2.39. The van der Waals surface area contributed by atoms with Crippen LogP contribution in [0, 0.1) is 0 Å². The molecule has 0 aliphatic carbocycles. The van der Waals surface area contributed by atoms with Crippen molar-refractivity contribution in [3.63, 3.8) is 0 Å². The van der Waals surface area contributed by atoms with Crippen molar-refractivity contribution < 1.29 is 4.74 Å². The predicted molar refractivity (Wildman–Crippen MR) is 81.8 cm³/mol. The average molecular weight is 264 g/mol. The Kier molecular flexibility index (Phi) is 5.83. The zero-order chi connectivity index (χ0) is 14.6. The molecule has 1 aromatic rings. The zero-order valence-corrected chi connectivity index (χ0v) is 13.1. The van der Waals surface area contributed by atoms with Gasteiger partial charge in [0.25, 0.3) is 0 Å². The van der Waals surface area contributed by atoms with E-state index in [1.165, 1.54) is 11.1 Å². The van der Waals surface area contributed by atoms with Gasteiger partial charge in [-0.2, -0.15) is 0 Å². The lowest BCUT2D eigenvalue weighted by molar-refractivity contribution is 0.197. The molecule has 0 heterocycles. The van der Waals surface area contributed by atoms with Crippen LogP contribution in [0.15, 0.2) is 18.2 Å². The summed E-state index contributed by atoms with van der Waals surface area (Å²) in [4.78, 5) is 2.29. The molecule has 1 unspecified atom stereocenters. The van der Waals surface area contributed by atoms with Gasteiger partial charge in [0, 0.05) is 18.2 Å². The van der Waals surface area contributed by atoms with Gasteiger partial charge in [-0.05, 0) is 38.4 Å². The van der Waals surface area contributed by atoms with Gasteiger partial charge in [-0.25, -0.2) is 0 Å². The maximum atomic E-state index is 6.00. The van der Waals surface area contributed by atoms with Crippen molar-refractivity contribution in [1.29, 1.82) is 0 Å². The molecule has 0 aliphatic heterocycles. The van der Waals surface area contributed by atoms with E-state index in [1.54, 1.807) is 7.11 Å². The fourth-order valence-corrected chi connectivity index (χ4v) is 2.24. The first-order chi connectivity index (χ1) is 8.92. The van der Waals surface area contributed by atoms with Gasteiger partial charge in [0.15, 0.2) is 0 Å². The van der Waals surface area contributed by atoms with E-state index in [1.807, 2.05) is 0 Å². The maximum absolute atomic E-state index is 6.00. The normalized spacial score (nSPS) is 13.4. The van der Waals surface area contributed by atoms with Crippen LogP contribution in [-0.4, -0.2) is 31.6 Å². The lowest BCUT2D eigenvalue weighted by Gasteiger charge is -2.32. The zero-order valence-electron chi connectivity index (χ0n) is 13.1. The molecule has 0 fully saturated rings. The topological polar surface area (TPSA) is 38.5 Å². The molecule has 0 radical (unpaired) electrons. The second-order valence-electron chi connectivity index (χ2n) is 5.67. The van der Waals surface area contributed by atoms with Crippen LogP contribution in [0.5, 0.6) is 5.75 Å². The van der Waals surface area contributed by atoms with Crippen LogP contribution in [0.2, 0.25) is 0 Å². The van der Waals surface area contributed by atoms with E-state index in [0.29, 0.717) is 18.5 Å². The number of methoxy groups -OCH3 is 1. The fraction of sp³-hybridized carbons (Fsp3) is 0.625. The van der Waals surface area contributed by atoms with Crippen molar-refractivity contribution in [2.75, 3.05) is 20.7 Å². The number of nitrogens with two attached hydrogens (primary N) is 1. The molecule has 108 valence electrons. The summed E-state index contributed by atoms with van der Waals surface area (Å²) in [6, 6.07) is 7.06. The Morgan fingerprint density at radius 1 is 1.21 bits per heavy atom. The molecule has 0 spiro atoms. The van der Waals surface area contributed by atoms with Crippen LogP contribution >= 0.6 is 0 Å². The molecule has 3 nitrogen and oxygen atoms in total. The van der Waals surface area contributed by atoms with Gasteiger partial charge in [-0.15, -0.1) is 0 Å². The summed E-state index contributed by atoms with van der Waals surface area (Å²) < 4.78 is 5.51. The minimum atomic E-state index is 0.189. The Bertz CT molecular complexity index is 402. The highest BCUT2D eigenvalue weighted by Crippen LogP contribution is 2.32. The molecular weight excluding hydrogens is 236 g/mol.